The van der Waals surface area contributed by atoms with Crippen LogP contribution in [0.25, 0.3) is 21.9 Å². The first-order chi connectivity index (χ1) is 12.4. The minimum Gasteiger partial charge on any atom is -0.461 e. The van der Waals surface area contributed by atoms with Crippen molar-refractivity contribution >= 4 is 44.3 Å². The number of nitrogens with zero attached hydrogens (tertiary/aromatic N) is 1. The molecule has 26 heavy (non-hydrogen) atoms. The molecule has 0 radical (unpaired) electrons. The third-order valence-electron chi connectivity index (χ3n) is 4.60. The summed E-state index contributed by atoms with van der Waals surface area (Å²) in [5.74, 6) is 0.532. The number of aromatic nitrogens is 1. The number of anilines is 1. The largest absolute Gasteiger partial charge is 0.461 e. The van der Waals surface area contributed by atoms with E-state index in [1.54, 1.807) is 17.6 Å². The van der Waals surface area contributed by atoms with Crippen molar-refractivity contribution in [2.75, 3.05) is 5.32 Å². The Morgan fingerprint density at radius 1 is 1.12 bits per heavy atom. The van der Waals surface area contributed by atoms with Gasteiger partial charge in [0.1, 0.15) is 16.9 Å². The van der Waals surface area contributed by atoms with Gasteiger partial charge in [0, 0.05) is 28.4 Å². The van der Waals surface area contributed by atoms with Crippen LogP contribution in [0.1, 0.15) is 22.5 Å². The zero-order valence-electron chi connectivity index (χ0n) is 14.5. The van der Waals surface area contributed by atoms with Gasteiger partial charge in [-0.05, 0) is 38.0 Å². The highest BCUT2D eigenvalue weighted by Gasteiger charge is 2.18. The van der Waals surface area contributed by atoms with Crippen molar-refractivity contribution in [1.29, 1.82) is 0 Å². The minimum absolute atomic E-state index is 0.0644. The SMILES string of the molecule is Cc1oc2cc3oc(=O)c(CC(=O)Nc4nccs4)c(C)c3cc2c1C. The number of rotatable bonds is 3. The van der Waals surface area contributed by atoms with Crippen LogP contribution in [0.5, 0.6) is 0 Å². The number of aryl methyl sites for hydroxylation is 3. The van der Waals surface area contributed by atoms with Gasteiger partial charge in [-0.1, -0.05) is 0 Å². The van der Waals surface area contributed by atoms with Gasteiger partial charge in [-0.3, -0.25) is 4.79 Å². The average molecular weight is 368 g/mol. The second-order valence-electron chi connectivity index (χ2n) is 6.18. The van der Waals surface area contributed by atoms with Crippen molar-refractivity contribution in [3.63, 3.8) is 0 Å². The lowest BCUT2D eigenvalue weighted by Gasteiger charge is -2.08. The normalized spacial score (nSPS) is 11.3. The fraction of sp³-hybridized carbons (Fsp3) is 0.211. The summed E-state index contributed by atoms with van der Waals surface area (Å²) in [5, 5.41) is 6.74. The molecule has 0 aliphatic carbocycles. The van der Waals surface area contributed by atoms with Crippen molar-refractivity contribution in [3.8, 4) is 0 Å². The molecule has 0 bridgehead atoms. The quantitative estimate of drug-likeness (QED) is 0.550. The lowest BCUT2D eigenvalue weighted by atomic mass is 10.0. The van der Waals surface area contributed by atoms with Gasteiger partial charge in [0.2, 0.25) is 5.91 Å². The molecule has 6 nitrogen and oxygen atoms in total. The van der Waals surface area contributed by atoms with Gasteiger partial charge in [-0.15, -0.1) is 11.3 Å². The maximum absolute atomic E-state index is 12.4. The second kappa shape index (κ2) is 6.10. The Hall–Kier alpha value is -2.93. The van der Waals surface area contributed by atoms with Gasteiger partial charge >= 0.3 is 5.63 Å². The van der Waals surface area contributed by atoms with Crippen LogP contribution in [0.4, 0.5) is 5.13 Å². The maximum Gasteiger partial charge on any atom is 0.340 e. The summed E-state index contributed by atoms with van der Waals surface area (Å²) in [6.07, 6.45) is 1.54. The van der Waals surface area contributed by atoms with E-state index in [1.165, 1.54) is 11.3 Å². The molecule has 1 aromatic carbocycles. The second-order valence-corrected chi connectivity index (χ2v) is 7.08. The third-order valence-corrected chi connectivity index (χ3v) is 5.29. The first-order valence-corrected chi connectivity index (χ1v) is 8.97. The summed E-state index contributed by atoms with van der Waals surface area (Å²) in [5.41, 5.74) is 2.77. The van der Waals surface area contributed by atoms with E-state index in [0.29, 0.717) is 21.9 Å². The molecule has 1 N–H and O–H groups in total. The number of hydrogen-bond acceptors (Lipinski definition) is 6. The predicted molar refractivity (Wildman–Crippen MR) is 101 cm³/mol. The molecule has 0 saturated carbocycles. The highest BCUT2D eigenvalue weighted by molar-refractivity contribution is 7.13. The molecule has 1 amide bonds. The molecule has 0 aliphatic rings. The van der Waals surface area contributed by atoms with Crippen molar-refractivity contribution in [3.05, 3.63) is 56.6 Å². The fourth-order valence-corrected chi connectivity index (χ4v) is 3.58. The molecule has 7 heteroatoms. The monoisotopic (exact) mass is 368 g/mol. The van der Waals surface area contributed by atoms with Crippen LogP contribution in [0, 0.1) is 20.8 Å². The highest BCUT2D eigenvalue weighted by atomic mass is 32.1. The number of hydrogen-bond donors (Lipinski definition) is 1. The Morgan fingerprint density at radius 2 is 1.85 bits per heavy atom. The van der Waals surface area contributed by atoms with Crippen molar-refractivity contribution in [2.45, 2.75) is 27.2 Å². The van der Waals surface area contributed by atoms with E-state index >= 15 is 0 Å². The molecule has 4 aromatic rings. The molecular weight excluding hydrogens is 352 g/mol. The number of carbonyl (C=O) groups excluding carboxylic acids is 1. The topological polar surface area (TPSA) is 85.3 Å². The van der Waals surface area contributed by atoms with E-state index in [-0.39, 0.29) is 12.3 Å². The fourth-order valence-electron chi connectivity index (χ4n) is 3.04. The molecule has 4 rings (SSSR count). The summed E-state index contributed by atoms with van der Waals surface area (Å²) in [6.45, 7) is 5.72. The van der Waals surface area contributed by atoms with Crippen LogP contribution in [0.2, 0.25) is 0 Å². The van der Waals surface area contributed by atoms with Crippen LogP contribution in [-0.4, -0.2) is 10.9 Å². The molecule has 0 fully saturated rings. The Bertz CT molecular complexity index is 1200. The number of benzene rings is 1. The molecule has 0 atom stereocenters. The summed E-state index contributed by atoms with van der Waals surface area (Å²) in [7, 11) is 0. The van der Waals surface area contributed by atoms with Gasteiger partial charge in [0.15, 0.2) is 5.13 Å². The lowest BCUT2D eigenvalue weighted by Crippen LogP contribution is -2.20. The number of amides is 1. The van der Waals surface area contributed by atoms with Gasteiger partial charge < -0.3 is 14.2 Å². The zero-order valence-corrected chi connectivity index (χ0v) is 15.3. The Balaban J connectivity index is 1.79. The molecule has 0 spiro atoms. The van der Waals surface area contributed by atoms with Gasteiger partial charge in [0.25, 0.3) is 0 Å². The van der Waals surface area contributed by atoms with E-state index in [2.05, 4.69) is 10.3 Å². The zero-order chi connectivity index (χ0) is 18.4. The summed E-state index contributed by atoms with van der Waals surface area (Å²) < 4.78 is 11.2. The Kier molecular flexibility index (Phi) is 3.88. The predicted octanol–water partition coefficient (Wildman–Crippen LogP) is 4.10. The molecule has 3 heterocycles. The van der Waals surface area contributed by atoms with Gasteiger partial charge in [0.05, 0.1) is 12.0 Å². The first-order valence-electron chi connectivity index (χ1n) is 8.09. The molecule has 0 saturated heterocycles. The van der Waals surface area contributed by atoms with E-state index in [4.69, 9.17) is 8.83 Å². The number of fused-ring (bicyclic) bond motifs is 2. The molecule has 0 aliphatic heterocycles. The van der Waals surface area contributed by atoms with Crippen molar-refractivity contribution in [2.24, 2.45) is 0 Å². The summed E-state index contributed by atoms with van der Waals surface area (Å²) >= 11 is 1.32. The average Bonchev–Trinajstić information content (AvgIpc) is 3.19. The molecular formula is C19H16N2O4S. The summed E-state index contributed by atoms with van der Waals surface area (Å²) in [4.78, 5) is 28.7. The highest BCUT2D eigenvalue weighted by Crippen LogP contribution is 2.31. The Morgan fingerprint density at radius 3 is 2.58 bits per heavy atom. The van der Waals surface area contributed by atoms with E-state index < -0.39 is 5.63 Å². The molecule has 132 valence electrons. The van der Waals surface area contributed by atoms with E-state index in [1.807, 2.05) is 26.8 Å². The van der Waals surface area contributed by atoms with E-state index in [9.17, 15) is 9.59 Å². The van der Waals surface area contributed by atoms with Crippen molar-refractivity contribution in [1.82, 2.24) is 4.98 Å². The number of nitrogens with one attached hydrogen (secondary N) is 1. The maximum atomic E-state index is 12.4. The summed E-state index contributed by atoms with van der Waals surface area (Å²) in [6, 6.07) is 3.69. The van der Waals surface area contributed by atoms with Crippen LogP contribution in [-0.2, 0) is 11.2 Å². The standard InChI is InChI=1S/C19H16N2O4S/c1-9-11(3)24-15-8-16-13(6-12(9)15)10(2)14(18(23)25-16)7-17(22)21-19-20-4-5-26-19/h4-6,8H,7H2,1-3H3,(H,20,21,22). The third kappa shape index (κ3) is 2.70. The van der Waals surface area contributed by atoms with Gasteiger partial charge in [-0.2, -0.15) is 0 Å². The smallest absolute Gasteiger partial charge is 0.340 e. The van der Waals surface area contributed by atoms with E-state index in [0.717, 1.165) is 27.7 Å². The first kappa shape index (κ1) is 16.5. The minimum atomic E-state index is -0.511. The number of thiazole rings is 1. The molecule has 0 unspecified atom stereocenters. The van der Waals surface area contributed by atoms with Crippen molar-refractivity contribution < 1.29 is 13.6 Å². The van der Waals surface area contributed by atoms with Crippen LogP contribution in [0.15, 0.2) is 37.3 Å². The lowest BCUT2D eigenvalue weighted by molar-refractivity contribution is -0.115. The molecule has 3 aromatic heterocycles. The van der Waals surface area contributed by atoms with Gasteiger partial charge in [-0.25, -0.2) is 9.78 Å². The van der Waals surface area contributed by atoms with Crippen LogP contribution in [0.3, 0.4) is 0 Å². The Labute approximate surface area is 152 Å². The number of carbonyl (C=O) groups is 1. The van der Waals surface area contributed by atoms with Crippen LogP contribution >= 0.6 is 11.3 Å². The number of furan rings is 1. The van der Waals surface area contributed by atoms with Crippen LogP contribution < -0.4 is 10.9 Å².